The van der Waals surface area contributed by atoms with Crippen molar-refractivity contribution in [2.75, 3.05) is 0 Å². The van der Waals surface area contributed by atoms with Gasteiger partial charge < -0.3 is 5.11 Å². The highest BCUT2D eigenvalue weighted by Crippen LogP contribution is 2.89. The van der Waals surface area contributed by atoms with Crippen molar-refractivity contribution in [3.8, 4) is 0 Å². The van der Waals surface area contributed by atoms with E-state index in [0.29, 0.717) is 33.5 Å². The fourth-order valence-electron chi connectivity index (χ4n) is 12.5. The van der Waals surface area contributed by atoms with Crippen LogP contribution in [0.15, 0.2) is 0 Å². The van der Waals surface area contributed by atoms with Gasteiger partial charge in [-0.15, -0.1) is 0 Å². The van der Waals surface area contributed by atoms with Gasteiger partial charge in [0.25, 0.3) is 0 Å². The van der Waals surface area contributed by atoms with Crippen LogP contribution >= 0.6 is 0 Å². The van der Waals surface area contributed by atoms with Crippen molar-refractivity contribution in [2.24, 2.45) is 62.6 Å². The minimum atomic E-state index is -0.464. The number of hydrogen-bond acceptors (Lipinski definition) is 1. The molecule has 0 heterocycles. The van der Waals surface area contributed by atoms with Gasteiger partial charge in [-0.25, -0.2) is 0 Å². The molecular weight excluding hydrogens is 388 g/mol. The van der Waals surface area contributed by atoms with Gasteiger partial charge in [-0.05, 0) is 133 Å². The molecule has 0 saturated heterocycles. The van der Waals surface area contributed by atoms with Gasteiger partial charge in [0.15, 0.2) is 0 Å². The van der Waals surface area contributed by atoms with E-state index in [1.807, 2.05) is 0 Å². The van der Waals surface area contributed by atoms with Gasteiger partial charge in [-0.2, -0.15) is 0 Å². The standard InChI is InChI=1S/C31H52O/c1-20(2)22-9-8-21(3)23-12-13-28(7)25-11-10-24-26(4,5)31(32,18-22)17-16-29(24)19-30(25,29)15-14-27(23,28)6/h20-25,32H,8-19H2,1-7H3/t21-,22?,23-,24+,25+,27-,28+,29-,30+,31-/m1/s1. The highest BCUT2D eigenvalue weighted by molar-refractivity contribution is 5.31. The van der Waals surface area contributed by atoms with Crippen LogP contribution in [0.25, 0.3) is 0 Å². The zero-order valence-electron chi connectivity index (χ0n) is 22.4. The van der Waals surface area contributed by atoms with E-state index in [9.17, 15) is 5.11 Å². The predicted octanol–water partition coefficient (Wildman–Crippen LogP) is 8.25. The van der Waals surface area contributed by atoms with Crippen LogP contribution in [-0.4, -0.2) is 10.7 Å². The summed E-state index contributed by atoms with van der Waals surface area (Å²) < 4.78 is 0. The fraction of sp³-hybridized carbons (Fsp3) is 1.00. The first-order chi connectivity index (χ1) is 14.9. The summed E-state index contributed by atoms with van der Waals surface area (Å²) in [6, 6.07) is 0. The maximum absolute atomic E-state index is 12.4. The Morgan fingerprint density at radius 1 is 0.719 bits per heavy atom. The lowest BCUT2D eigenvalue weighted by molar-refractivity contribution is -0.206. The third-order valence-corrected chi connectivity index (χ3v) is 14.8. The molecule has 9 rings (SSSR count). The summed E-state index contributed by atoms with van der Waals surface area (Å²) in [7, 11) is 0. The molecule has 9 fully saturated rings. The number of hydrogen-bond donors (Lipinski definition) is 1. The van der Waals surface area contributed by atoms with Crippen molar-refractivity contribution < 1.29 is 5.11 Å². The molecule has 0 aromatic carbocycles. The third kappa shape index (κ3) is 2.32. The average molecular weight is 441 g/mol. The molecule has 32 heavy (non-hydrogen) atoms. The van der Waals surface area contributed by atoms with Crippen LogP contribution in [0.2, 0.25) is 0 Å². The monoisotopic (exact) mass is 440 g/mol. The number of aliphatic hydroxyl groups is 1. The summed E-state index contributed by atoms with van der Waals surface area (Å²) in [5, 5.41) is 12.4. The molecule has 0 amide bonds. The summed E-state index contributed by atoms with van der Waals surface area (Å²) >= 11 is 0. The summed E-state index contributed by atoms with van der Waals surface area (Å²) in [4.78, 5) is 0. The molecule has 0 aromatic heterocycles. The highest BCUT2D eigenvalue weighted by atomic mass is 16.3. The lowest BCUT2D eigenvalue weighted by Crippen LogP contribution is -2.61. The largest absolute Gasteiger partial charge is 0.389 e. The van der Waals surface area contributed by atoms with Crippen LogP contribution in [0.4, 0.5) is 0 Å². The van der Waals surface area contributed by atoms with Gasteiger partial charge in [-0.1, -0.05) is 54.9 Å². The average Bonchev–Trinajstić information content (AvgIpc) is 3.31. The maximum Gasteiger partial charge on any atom is 0.0704 e. The Hall–Kier alpha value is -0.0400. The molecule has 9 aliphatic rings. The Balaban J connectivity index is 1.49. The highest BCUT2D eigenvalue weighted by Gasteiger charge is 2.83. The second-order valence-electron chi connectivity index (χ2n) is 15.7. The molecule has 0 aromatic rings. The second-order valence-corrected chi connectivity index (χ2v) is 15.7. The Morgan fingerprint density at radius 2 is 1.38 bits per heavy atom. The van der Waals surface area contributed by atoms with Crippen molar-refractivity contribution in [1.29, 1.82) is 0 Å². The van der Waals surface area contributed by atoms with E-state index in [2.05, 4.69) is 48.5 Å². The van der Waals surface area contributed by atoms with Crippen LogP contribution in [0.1, 0.15) is 126 Å². The second kappa shape index (κ2) is 6.39. The summed E-state index contributed by atoms with van der Waals surface area (Å²) in [6.07, 6.45) is 16.5. The molecule has 1 N–H and O–H groups in total. The molecular formula is C31H52O. The van der Waals surface area contributed by atoms with E-state index in [4.69, 9.17) is 0 Å². The van der Waals surface area contributed by atoms with Gasteiger partial charge >= 0.3 is 0 Å². The predicted molar refractivity (Wildman–Crippen MR) is 133 cm³/mol. The van der Waals surface area contributed by atoms with E-state index < -0.39 is 5.60 Å². The van der Waals surface area contributed by atoms with E-state index in [0.717, 1.165) is 36.5 Å². The van der Waals surface area contributed by atoms with Crippen molar-refractivity contribution in [3.05, 3.63) is 0 Å². The molecule has 0 radical (unpaired) electrons. The van der Waals surface area contributed by atoms with Crippen molar-refractivity contribution >= 4 is 0 Å². The van der Waals surface area contributed by atoms with Crippen molar-refractivity contribution in [3.63, 3.8) is 0 Å². The lowest BCUT2D eigenvalue weighted by Gasteiger charge is -2.65. The molecule has 0 aliphatic heterocycles. The van der Waals surface area contributed by atoms with Gasteiger partial charge in [0, 0.05) is 0 Å². The summed E-state index contributed by atoms with van der Waals surface area (Å²) in [6.45, 7) is 18.0. The van der Waals surface area contributed by atoms with Crippen LogP contribution < -0.4 is 0 Å². The third-order valence-electron chi connectivity index (χ3n) is 14.8. The van der Waals surface area contributed by atoms with Crippen molar-refractivity contribution in [2.45, 2.75) is 131 Å². The zero-order chi connectivity index (χ0) is 22.9. The Bertz CT molecular complexity index is 798. The lowest BCUT2D eigenvalue weighted by atomic mass is 9.40. The van der Waals surface area contributed by atoms with E-state index in [-0.39, 0.29) is 5.41 Å². The Morgan fingerprint density at radius 3 is 2.09 bits per heavy atom. The minimum Gasteiger partial charge on any atom is -0.389 e. The van der Waals surface area contributed by atoms with Crippen LogP contribution in [0, 0.1) is 62.6 Å². The first-order valence-electron chi connectivity index (χ1n) is 14.6. The minimum absolute atomic E-state index is 0.0580. The van der Waals surface area contributed by atoms with Crippen LogP contribution in [0.3, 0.4) is 0 Å². The topological polar surface area (TPSA) is 20.2 Å². The molecule has 182 valence electrons. The SMILES string of the molecule is CC(C)C1CC[C@@H](C)[C@H]2CC[C@@]3(C)[C@@H]4CC[C@H]5C(C)(C)[C@@](O)(CC[C@@]56C[C@@]46CC[C@]23C)C1. The van der Waals surface area contributed by atoms with E-state index in [1.54, 1.807) is 0 Å². The van der Waals surface area contributed by atoms with E-state index in [1.165, 1.54) is 64.2 Å². The van der Waals surface area contributed by atoms with Crippen LogP contribution in [0.5, 0.6) is 0 Å². The van der Waals surface area contributed by atoms with Gasteiger partial charge in [0.1, 0.15) is 0 Å². The molecule has 9 saturated carbocycles. The molecule has 2 spiro atoms. The van der Waals surface area contributed by atoms with E-state index >= 15 is 0 Å². The van der Waals surface area contributed by atoms with Gasteiger partial charge in [0.2, 0.25) is 0 Å². The fourth-order valence-corrected chi connectivity index (χ4v) is 12.5. The zero-order valence-corrected chi connectivity index (χ0v) is 22.4. The summed E-state index contributed by atoms with van der Waals surface area (Å²) in [5.74, 6) is 4.80. The summed E-state index contributed by atoms with van der Waals surface area (Å²) in [5.41, 5.74) is 1.90. The van der Waals surface area contributed by atoms with Gasteiger partial charge in [0.05, 0.1) is 5.60 Å². The molecule has 10 atom stereocenters. The normalized spacial score (nSPS) is 60.5. The molecule has 1 unspecified atom stereocenters. The van der Waals surface area contributed by atoms with Crippen molar-refractivity contribution in [1.82, 2.24) is 0 Å². The Labute approximate surface area is 198 Å². The molecule has 1 heteroatoms. The first kappa shape index (κ1) is 22.4. The number of fused-ring (bicyclic) bond motifs is 2. The maximum atomic E-state index is 12.4. The number of rotatable bonds is 1. The quantitative estimate of drug-likeness (QED) is 0.435. The van der Waals surface area contributed by atoms with Crippen LogP contribution in [-0.2, 0) is 0 Å². The van der Waals surface area contributed by atoms with Gasteiger partial charge in [-0.3, -0.25) is 0 Å². The molecule has 8 bridgehead atoms. The smallest absolute Gasteiger partial charge is 0.0704 e. The molecule has 1 nitrogen and oxygen atoms in total. The first-order valence-corrected chi connectivity index (χ1v) is 14.6. The molecule has 9 aliphatic carbocycles. The Kier molecular flexibility index (Phi) is 4.48.